The minimum atomic E-state index is -0.505. The van der Waals surface area contributed by atoms with Gasteiger partial charge in [-0.15, -0.1) is 0 Å². The highest BCUT2D eigenvalue weighted by atomic mass is 16.6. The largest absolute Gasteiger partial charge is 0.460 e. The third-order valence-electron chi connectivity index (χ3n) is 1.40. The van der Waals surface area contributed by atoms with Gasteiger partial charge in [0.1, 0.15) is 17.8 Å². The molecule has 0 radical (unpaired) electrons. The molecule has 0 saturated heterocycles. The maximum atomic E-state index is 11.2. The van der Waals surface area contributed by atoms with Gasteiger partial charge in [0.05, 0.1) is 0 Å². The average molecular weight is 200 g/mol. The molecule has 0 fully saturated rings. The number of Topliss-reactive ketones (excluding diaryl/α,β-unsaturated/α-hetero) is 1. The summed E-state index contributed by atoms with van der Waals surface area (Å²) < 4.78 is 5.03. The highest BCUT2D eigenvalue weighted by molar-refractivity contribution is 5.95. The summed E-state index contributed by atoms with van der Waals surface area (Å²) in [5, 5.41) is 0. The SMILES string of the molecule is CC(C)CC(=O)CC(=O)OC(C)(C)C. The molecule has 0 rings (SSSR count). The predicted molar refractivity (Wildman–Crippen MR) is 54.9 cm³/mol. The van der Waals surface area contributed by atoms with Crippen LogP contribution in [0.15, 0.2) is 0 Å². The van der Waals surface area contributed by atoms with Gasteiger partial charge in [0.25, 0.3) is 0 Å². The van der Waals surface area contributed by atoms with E-state index in [1.807, 2.05) is 13.8 Å². The first kappa shape index (κ1) is 13.1. The van der Waals surface area contributed by atoms with Crippen LogP contribution in [0.25, 0.3) is 0 Å². The van der Waals surface area contributed by atoms with Crippen molar-refractivity contribution in [2.45, 2.75) is 53.1 Å². The monoisotopic (exact) mass is 200 g/mol. The molecule has 3 heteroatoms. The van der Waals surface area contributed by atoms with E-state index in [0.717, 1.165) is 0 Å². The van der Waals surface area contributed by atoms with Crippen molar-refractivity contribution in [3.63, 3.8) is 0 Å². The molecule has 0 unspecified atom stereocenters. The lowest BCUT2D eigenvalue weighted by atomic mass is 10.1. The molecule has 14 heavy (non-hydrogen) atoms. The zero-order valence-corrected chi connectivity index (χ0v) is 9.72. The quantitative estimate of drug-likeness (QED) is 0.516. The second kappa shape index (κ2) is 5.13. The normalized spacial score (nSPS) is 11.6. The van der Waals surface area contributed by atoms with E-state index in [1.165, 1.54) is 0 Å². The Morgan fingerprint density at radius 3 is 2.07 bits per heavy atom. The van der Waals surface area contributed by atoms with Crippen LogP contribution in [0.2, 0.25) is 0 Å². The van der Waals surface area contributed by atoms with E-state index in [2.05, 4.69) is 0 Å². The molecular weight excluding hydrogens is 180 g/mol. The second-order valence-corrected chi connectivity index (χ2v) is 4.90. The molecule has 3 nitrogen and oxygen atoms in total. The molecule has 0 aromatic heterocycles. The Hall–Kier alpha value is -0.860. The van der Waals surface area contributed by atoms with Crippen LogP contribution < -0.4 is 0 Å². The number of ketones is 1. The fourth-order valence-electron chi connectivity index (χ4n) is 1.07. The highest BCUT2D eigenvalue weighted by Crippen LogP contribution is 2.10. The zero-order chi connectivity index (χ0) is 11.4. The molecule has 0 aromatic carbocycles. The first-order chi connectivity index (χ1) is 6.20. The second-order valence-electron chi connectivity index (χ2n) is 4.90. The van der Waals surface area contributed by atoms with Crippen molar-refractivity contribution in [2.75, 3.05) is 0 Å². The summed E-state index contributed by atoms with van der Waals surface area (Å²) in [6, 6.07) is 0. The summed E-state index contributed by atoms with van der Waals surface area (Å²) >= 11 is 0. The van der Waals surface area contributed by atoms with Crippen molar-refractivity contribution in [1.29, 1.82) is 0 Å². The Kier molecular flexibility index (Phi) is 4.81. The molecule has 0 atom stereocenters. The first-order valence-electron chi connectivity index (χ1n) is 4.94. The lowest BCUT2D eigenvalue weighted by Crippen LogP contribution is -2.25. The Morgan fingerprint density at radius 2 is 1.71 bits per heavy atom. The minimum Gasteiger partial charge on any atom is -0.460 e. The van der Waals surface area contributed by atoms with Crippen LogP contribution in [0.1, 0.15) is 47.5 Å². The van der Waals surface area contributed by atoms with Gasteiger partial charge < -0.3 is 4.74 Å². The minimum absolute atomic E-state index is 0.0470. The van der Waals surface area contributed by atoms with Gasteiger partial charge in [0.15, 0.2) is 0 Å². The van der Waals surface area contributed by atoms with E-state index in [-0.39, 0.29) is 12.2 Å². The molecular formula is C11H20O3. The third-order valence-corrected chi connectivity index (χ3v) is 1.40. The molecule has 0 N–H and O–H groups in total. The molecule has 0 bridgehead atoms. The fourth-order valence-corrected chi connectivity index (χ4v) is 1.07. The lowest BCUT2D eigenvalue weighted by molar-refractivity contribution is -0.156. The van der Waals surface area contributed by atoms with Gasteiger partial charge in [-0.1, -0.05) is 13.8 Å². The van der Waals surface area contributed by atoms with Crippen molar-refractivity contribution in [2.24, 2.45) is 5.92 Å². The molecule has 0 aromatic rings. The summed E-state index contributed by atoms with van der Waals surface area (Å²) in [6.45, 7) is 9.27. The topological polar surface area (TPSA) is 43.4 Å². The van der Waals surface area contributed by atoms with Gasteiger partial charge >= 0.3 is 5.97 Å². The van der Waals surface area contributed by atoms with Crippen LogP contribution in [0.4, 0.5) is 0 Å². The molecule has 0 aliphatic heterocycles. The third kappa shape index (κ3) is 7.77. The van der Waals surface area contributed by atoms with Gasteiger partial charge in [-0.2, -0.15) is 0 Å². The molecule has 0 heterocycles. The van der Waals surface area contributed by atoms with E-state index in [9.17, 15) is 9.59 Å². The van der Waals surface area contributed by atoms with Crippen LogP contribution >= 0.6 is 0 Å². The molecule has 0 amide bonds. The zero-order valence-electron chi connectivity index (χ0n) is 9.72. The fraction of sp³-hybridized carbons (Fsp3) is 0.818. The Bertz CT molecular complexity index is 211. The van der Waals surface area contributed by atoms with Crippen LogP contribution in [0, 0.1) is 5.92 Å². The summed E-state index contributed by atoms with van der Waals surface area (Å²) in [7, 11) is 0. The summed E-state index contributed by atoms with van der Waals surface area (Å²) in [6.07, 6.45) is 0.342. The number of hydrogen-bond donors (Lipinski definition) is 0. The van der Waals surface area contributed by atoms with Gasteiger partial charge in [0.2, 0.25) is 0 Å². The Balaban J connectivity index is 3.90. The smallest absolute Gasteiger partial charge is 0.313 e. The number of carbonyl (C=O) groups is 2. The maximum absolute atomic E-state index is 11.2. The van der Waals surface area contributed by atoms with Crippen molar-refractivity contribution in [1.82, 2.24) is 0 Å². The first-order valence-corrected chi connectivity index (χ1v) is 4.94. The van der Waals surface area contributed by atoms with Crippen LogP contribution in [-0.2, 0) is 14.3 Å². The van der Waals surface area contributed by atoms with Crippen LogP contribution in [0.5, 0.6) is 0 Å². The average Bonchev–Trinajstić information content (AvgIpc) is 1.77. The standard InChI is InChI=1S/C11H20O3/c1-8(2)6-9(12)7-10(13)14-11(3,4)5/h8H,6-7H2,1-5H3. The lowest BCUT2D eigenvalue weighted by Gasteiger charge is -2.19. The summed E-state index contributed by atoms with van der Waals surface area (Å²) in [5.74, 6) is -0.178. The highest BCUT2D eigenvalue weighted by Gasteiger charge is 2.18. The predicted octanol–water partition coefficient (Wildman–Crippen LogP) is 2.33. The number of carbonyl (C=O) groups excluding carboxylic acids is 2. The van der Waals surface area contributed by atoms with Gasteiger partial charge in [-0.05, 0) is 26.7 Å². The number of ether oxygens (including phenoxy) is 1. The molecule has 0 saturated carbocycles. The number of hydrogen-bond acceptors (Lipinski definition) is 3. The maximum Gasteiger partial charge on any atom is 0.313 e. The van der Waals surface area contributed by atoms with Gasteiger partial charge in [-0.3, -0.25) is 9.59 Å². The Morgan fingerprint density at radius 1 is 1.21 bits per heavy atom. The van der Waals surface area contributed by atoms with Gasteiger partial charge in [-0.25, -0.2) is 0 Å². The van der Waals surface area contributed by atoms with Crippen molar-refractivity contribution in [3.8, 4) is 0 Å². The van der Waals surface area contributed by atoms with E-state index >= 15 is 0 Å². The van der Waals surface area contributed by atoms with Gasteiger partial charge in [0, 0.05) is 6.42 Å². The van der Waals surface area contributed by atoms with Crippen molar-refractivity contribution < 1.29 is 14.3 Å². The molecule has 82 valence electrons. The van der Waals surface area contributed by atoms with Crippen LogP contribution in [0.3, 0.4) is 0 Å². The summed E-state index contributed by atoms with van der Waals surface area (Å²) in [5.41, 5.74) is -0.505. The van der Waals surface area contributed by atoms with E-state index in [1.54, 1.807) is 20.8 Å². The van der Waals surface area contributed by atoms with E-state index < -0.39 is 11.6 Å². The van der Waals surface area contributed by atoms with Crippen molar-refractivity contribution in [3.05, 3.63) is 0 Å². The van der Waals surface area contributed by atoms with Crippen LogP contribution in [-0.4, -0.2) is 17.4 Å². The Labute approximate surface area is 85.8 Å². The van der Waals surface area contributed by atoms with Crippen molar-refractivity contribution >= 4 is 11.8 Å². The molecule has 0 aliphatic carbocycles. The van der Waals surface area contributed by atoms with E-state index in [0.29, 0.717) is 12.3 Å². The number of esters is 1. The summed E-state index contributed by atoms with van der Waals surface area (Å²) in [4.78, 5) is 22.5. The molecule has 0 spiro atoms. The van der Waals surface area contributed by atoms with E-state index in [4.69, 9.17) is 4.74 Å². The molecule has 0 aliphatic rings. The number of rotatable bonds is 4.